The molecule has 2 aromatic carbocycles. The van der Waals surface area contributed by atoms with Crippen molar-refractivity contribution in [2.45, 2.75) is 24.3 Å². The third-order valence-corrected chi connectivity index (χ3v) is 6.27. The number of pyridine rings is 1. The van der Waals surface area contributed by atoms with Gasteiger partial charge in [-0.05, 0) is 48.4 Å². The summed E-state index contributed by atoms with van der Waals surface area (Å²) < 4.78 is 0. The van der Waals surface area contributed by atoms with Gasteiger partial charge in [-0.1, -0.05) is 25.1 Å². The summed E-state index contributed by atoms with van der Waals surface area (Å²) in [5.74, 6) is -0.600. The van der Waals surface area contributed by atoms with Crippen molar-refractivity contribution in [1.29, 1.82) is 0 Å². The van der Waals surface area contributed by atoms with E-state index in [0.29, 0.717) is 16.9 Å². The molecule has 32 heavy (non-hydrogen) atoms. The highest BCUT2D eigenvalue weighted by atomic mass is 32.2. The van der Waals surface area contributed by atoms with Crippen LogP contribution in [0.5, 0.6) is 0 Å². The zero-order chi connectivity index (χ0) is 22.5. The van der Waals surface area contributed by atoms with Crippen LogP contribution in [-0.4, -0.2) is 43.7 Å². The molecule has 2 heterocycles. The first-order valence-corrected chi connectivity index (χ1v) is 11.2. The van der Waals surface area contributed by atoms with E-state index >= 15 is 0 Å². The molecular formula is C24H22N4O3S. The average Bonchev–Trinajstić information content (AvgIpc) is 3.25. The Morgan fingerprint density at radius 3 is 2.66 bits per heavy atom. The van der Waals surface area contributed by atoms with Crippen molar-refractivity contribution in [2.24, 2.45) is 0 Å². The molecule has 0 aliphatic rings. The summed E-state index contributed by atoms with van der Waals surface area (Å²) in [5, 5.41) is 12.3. The molecule has 4 rings (SSSR count). The summed E-state index contributed by atoms with van der Waals surface area (Å²) >= 11 is 1.43. The van der Waals surface area contributed by atoms with Crippen molar-refractivity contribution < 1.29 is 14.7 Å². The number of aromatic nitrogens is 3. The summed E-state index contributed by atoms with van der Waals surface area (Å²) in [6, 6.07) is 15.6. The standard InChI is InChI=1S/C24H22N4O3S/c1-2-15-5-3-4-6-21(15)32-14-20(24(30)31)28-23(29)17-7-8-18-19(13-17)27-22(26-18)16-9-11-25-12-10-16/h3-13,20H,2,14H2,1H3,(H,26,27)(H,28,29)(H,30,31)/t20-/m0/s1. The van der Waals surface area contributed by atoms with Crippen LogP contribution < -0.4 is 5.32 Å². The molecule has 0 radical (unpaired) electrons. The molecule has 0 saturated carbocycles. The van der Waals surface area contributed by atoms with E-state index in [1.165, 1.54) is 11.8 Å². The minimum atomic E-state index is -1.07. The summed E-state index contributed by atoms with van der Waals surface area (Å²) in [6.07, 6.45) is 4.23. The largest absolute Gasteiger partial charge is 0.480 e. The Bertz CT molecular complexity index is 1260. The normalized spacial score (nSPS) is 11.9. The number of amides is 1. The minimum absolute atomic E-state index is 0.233. The maximum Gasteiger partial charge on any atom is 0.327 e. The number of carboxylic acid groups (broad SMARTS) is 1. The first-order valence-electron chi connectivity index (χ1n) is 10.2. The fourth-order valence-electron chi connectivity index (χ4n) is 3.32. The van der Waals surface area contributed by atoms with Gasteiger partial charge in [0.2, 0.25) is 0 Å². The molecule has 0 aliphatic carbocycles. The van der Waals surface area contributed by atoms with Crippen LogP contribution in [0.2, 0.25) is 0 Å². The zero-order valence-corrected chi connectivity index (χ0v) is 18.2. The van der Waals surface area contributed by atoms with Crippen molar-refractivity contribution in [3.63, 3.8) is 0 Å². The fourth-order valence-corrected chi connectivity index (χ4v) is 4.47. The number of rotatable bonds is 8. The van der Waals surface area contributed by atoms with Gasteiger partial charge < -0.3 is 15.4 Å². The van der Waals surface area contributed by atoms with Gasteiger partial charge in [0.15, 0.2) is 0 Å². The van der Waals surface area contributed by atoms with E-state index in [9.17, 15) is 14.7 Å². The Labute approximate surface area is 189 Å². The van der Waals surface area contributed by atoms with Crippen LogP contribution >= 0.6 is 11.8 Å². The van der Waals surface area contributed by atoms with E-state index < -0.39 is 17.9 Å². The summed E-state index contributed by atoms with van der Waals surface area (Å²) in [4.78, 5) is 37.3. The van der Waals surface area contributed by atoms with Crippen LogP contribution in [0.15, 0.2) is 71.9 Å². The number of fused-ring (bicyclic) bond motifs is 1. The topological polar surface area (TPSA) is 108 Å². The predicted octanol–water partition coefficient (Wildman–Crippen LogP) is 4.16. The number of aromatic amines is 1. The first kappa shape index (κ1) is 21.6. The summed E-state index contributed by atoms with van der Waals surface area (Å²) in [6.45, 7) is 2.06. The van der Waals surface area contributed by atoms with E-state index in [2.05, 4.69) is 27.2 Å². The highest BCUT2D eigenvalue weighted by Gasteiger charge is 2.22. The van der Waals surface area contributed by atoms with E-state index in [4.69, 9.17) is 0 Å². The molecule has 1 atom stereocenters. The van der Waals surface area contributed by atoms with Crippen LogP contribution in [0, 0.1) is 0 Å². The molecule has 0 aliphatic heterocycles. The number of benzene rings is 2. The van der Waals surface area contributed by atoms with Gasteiger partial charge in [-0.25, -0.2) is 9.78 Å². The lowest BCUT2D eigenvalue weighted by Crippen LogP contribution is -2.42. The molecule has 0 unspecified atom stereocenters. The molecular weight excluding hydrogens is 424 g/mol. The Morgan fingerprint density at radius 1 is 1.12 bits per heavy atom. The van der Waals surface area contributed by atoms with Crippen molar-refractivity contribution in [2.75, 3.05) is 5.75 Å². The van der Waals surface area contributed by atoms with E-state index in [1.54, 1.807) is 30.6 Å². The zero-order valence-electron chi connectivity index (χ0n) is 17.4. The molecule has 4 aromatic rings. The predicted molar refractivity (Wildman–Crippen MR) is 125 cm³/mol. The Hall–Kier alpha value is -3.65. The maximum atomic E-state index is 12.8. The highest BCUT2D eigenvalue weighted by Crippen LogP contribution is 2.24. The number of carboxylic acids is 1. The molecule has 7 nitrogen and oxygen atoms in total. The molecule has 162 valence electrons. The third-order valence-electron chi connectivity index (χ3n) is 5.06. The van der Waals surface area contributed by atoms with E-state index in [1.807, 2.05) is 36.4 Å². The number of thioether (sulfide) groups is 1. The van der Waals surface area contributed by atoms with Crippen LogP contribution in [0.4, 0.5) is 0 Å². The van der Waals surface area contributed by atoms with Gasteiger partial charge in [-0.3, -0.25) is 9.78 Å². The summed E-state index contributed by atoms with van der Waals surface area (Å²) in [5.41, 5.74) is 3.82. The smallest absolute Gasteiger partial charge is 0.327 e. The molecule has 0 fully saturated rings. The number of carbonyl (C=O) groups excluding carboxylic acids is 1. The fraction of sp³-hybridized carbons (Fsp3) is 0.167. The second-order valence-electron chi connectivity index (χ2n) is 7.19. The first-order chi connectivity index (χ1) is 15.5. The van der Waals surface area contributed by atoms with Gasteiger partial charge in [0.25, 0.3) is 5.91 Å². The van der Waals surface area contributed by atoms with Crippen molar-refractivity contribution >= 4 is 34.7 Å². The maximum absolute atomic E-state index is 12.8. The van der Waals surface area contributed by atoms with Gasteiger partial charge in [-0.2, -0.15) is 0 Å². The minimum Gasteiger partial charge on any atom is -0.480 e. The van der Waals surface area contributed by atoms with E-state index in [0.717, 1.165) is 28.0 Å². The lowest BCUT2D eigenvalue weighted by Gasteiger charge is -2.15. The van der Waals surface area contributed by atoms with Crippen LogP contribution in [0.25, 0.3) is 22.4 Å². The van der Waals surface area contributed by atoms with Gasteiger partial charge in [0.05, 0.1) is 11.0 Å². The second-order valence-corrected chi connectivity index (χ2v) is 8.25. The molecule has 0 spiro atoms. The monoisotopic (exact) mass is 446 g/mol. The number of hydrogen-bond acceptors (Lipinski definition) is 5. The van der Waals surface area contributed by atoms with Crippen molar-refractivity contribution in [1.82, 2.24) is 20.3 Å². The Kier molecular flexibility index (Phi) is 6.51. The number of H-pyrrole nitrogens is 1. The third kappa shape index (κ3) is 4.81. The summed E-state index contributed by atoms with van der Waals surface area (Å²) in [7, 11) is 0. The van der Waals surface area contributed by atoms with Crippen molar-refractivity contribution in [3.8, 4) is 11.4 Å². The highest BCUT2D eigenvalue weighted by molar-refractivity contribution is 7.99. The lowest BCUT2D eigenvalue weighted by molar-refractivity contribution is -0.138. The number of aliphatic carboxylic acids is 1. The molecule has 0 saturated heterocycles. The SMILES string of the molecule is CCc1ccccc1SC[C@H](NC(=O)c1ccc2nc(-c3ccncc3)[nH]c2c1)C(=O)O. The quantitative estimate of drug-likeness (QED) is 0.351. The average molecular weight is 447 g/mol. The van der Waals surface area contributed by atoms with E-state index in [-0.39, 0.29) is 5.75 Å². The van der Waals surface area contributed by atoms with Gasteiger partial charge in [-0.15, -0.1) is 11.8 Å². The number of aryl methyl sites for hydroxylation is 1. The number of carbonyl (C=O) groups is 2. The second kappa shape index (κ2) is 9.65. The van der Waals surface area contributed by atoms with Crippen molar-refractivity contribution in [3.05, 3.63) is 78.1 Å². The number of nitrogens with one attached hydrogen (secondary N) is 2. The molecule has 8 heteroatoms. The van der Waals surface area contributed by atoms with Gasteiger partial charge in [0.1, 0.15) is 11.9 Å². The molecule has 0 bridgehead atoms. The Morgan fingerprint density at radius 2 is 1.91 bits per heavy atom. The number of imidazole rings is 1. The number of nitrogens with zero attached hydrogens (tertiary/aromatic N) is 2. The van der Waals surface area contributed by atoms with Gasteiger partial charge in [0, 0.05) is 34.2 Å². The lowest BCUT2D eigenvalue weighted by atomic mass is 10.1. The number of hydrogen-bond donors (Lipinski definition) is 3. The molecule has 1 amide bonds. The van der Waals surface area contributed by atoms with Crippen LogP contribution in [0.3, 0.4) is 0 Å². The Balaban J connectivity index is 1.49. The van der Waals surface area contributed by atoms with Gasteiger partial charge >= 0.3 is 5.97 Å². The van der Waals surface area contributed by atoms with Crippen LogP contribution in [-0.2, 0) is 11.2 Å². The molecule has 3 N–H and O–H groups in total. The van der Waals surface area contributed by atoms with Crippen LogP contribution in [0.1, 0.15) is 22.8 Å². The molecule has 2 aromatic heterocycles.